The van der Waals surface area contributed by atoms with Crippen molar-refractivity contribution in [3.8, 4) is 11.1 Å². The molecular weight excluding hydrogens is 540 g/mol. The molecule has 226 valence electrons. The fourth-order valence-corrected chi connectivity index (χ4v) is 6.00. The number of hydrogen-bond acceptors (Lipinski definition) is 4. The molecule has 4 atom stereocenters. The first kappa shape index (κ1) is 30.3. The van der Waals surface area contributed by atoms with Crippen molar-refractivity contribution in [2.75, 3.05) is 26.7 Å². The van der Waals surface area contributed by atoms with Gasteiger partial charge in [0.1, 0.15) is 5.69 Å². The molecule has 8 heteroatoms. The molecule has 8 nitrogen and oxygen atoms in total. The molecule has 0 unspecified atom stereocenters. The van der Waals surface area contributed by atoms with Crippen molar-refractivity contribution in [1.29, 1.82) is 0 Å². The quantitative estimate of drug-likeness (QED) is 0.310. The molecule has 1 aliphatic rings. The molecule has 2 heterocycles. The van der Waals surface area contributed by atoms with Crippen LogP contribution in [0.3, 0.4) is 0 Å². The molecule has 0 radical (unpaired) electrons. The van der Waals surface area contributed by atoms with Crippen molar-refractivity contribution in [2.45, 2.75) is 45.6 Å². The average Bonchev–Trinajstić information content (AvgIpc) is 3.32. The van der Waals surface area contributed by atoms with Crippen LogP contribution < -0.4 is 5.32 Å². The molecule has 0 bridgehead atoms. The Morgan fingerprint density at radius 1 is 1.05 bits per heavy atom. The number of nitrogens with zero attached hydrogens (tertiary/aromatic N) is 3. The van der Waals surface area contributed by atoms with E-state index in [1.54, 1.807) is 16.8 Å². The lowest BCUT2D eigenvalue weighted by Gasteiger charge is -2.35. The van der Waals surface area contributed by atoms with Crippen LogP contribution in [0, 0.1) is 5.92 Å². The van der Waals surface area contributed by atoms with Gasteiger partial charge in [-0.1, -0.05) is 79.7 Å². The maximum atomic E-state index is 14.5. The van der Waals surface area contributed by atoms with Crippen molar-refractivity contribution < 1.29 is 19.4 Å². The van der Waals surface area contributed by atoms with Crippen molar-refractivity contribution in [3.63, 3.8) is 0 Å². The molecule has 5 rings (SSSR count). The van der Waals surface area contributed by atoms with E-state index in [9.17, 15) is 14.7 Å². The lowest BCUT2D eigenvalue weighted by molar-refractivity contribution is -0.0186. The Bertz CT molecular complexity index is 1580. The van der Waals surface area contributed by atoms with Crippen molar-refractivity contribution >= 4 is 22.8 Å². The Morgan fingerprint density at radius 3 is 2.47 bits per heavy atom. The number of benzene rings is 3. The SMILES string of the molecule is C[C@H](NC(=O)N(C)C[C@@H]1OCc2ccccc2-c2c(n(C)c3ccccc23)C(=O)N([C@H](C)CO)C[C@H]1C)c1ccccc1. The fourth-order valence-electron chi connectivity index (χ4n) is 6.00. The standard InChI is InChI=1S/C35H42N4O4/c1-23-19-39(24(2)21-40)34(41)33-32(29-17-11-12-18-30(29)38(33)5)28-16-10-9-15-27(28)22-43-31(23)20-37(4)35(42)36-25(3)26-13-7-6-8-14-26/h6-18,23-25,31,40H,19-22H2,1-5H3,(H,36,42)/t23-,24-,25+,31+/m1/s1. The number of para-hydroxylation sites is 1. The van der Waals surface area contributed by atoms with Crippen LogP contribution in [0.4, 0.5) is 4.79 Å². The van der Waals surface area contributed by atoms with Gasteiger partial charge in [0, 0.05) is 49.6 Å². The minimum Gasteiger partial charge on any atom is -0.394 e. The van der Waals surface area contributed by atoms with Crippen LogP contribution in [-0.2, 0) is 18.4 Å². The van der Waals surface area contributed by atoms with Gasteiger partial charge in [-0.2, -0.15) is 0 Å². The lowest BCUT2D eigenvalue weighted by atomic mass is 9.96. The second kappa shape index (κ2) is 13.0. The minimum atomic E-state index is -0.412. The molecule has 0 fully saturated rings. The molecule has 1 aromatic heterocycles. The second-order valence-electron chi connectivity index (χ2n) is 11.7. The predicted molar refractivity (Wildman–Crippen MR) is 170 cm³/mol. The Balaban J connectivity index is 1.50. The zero-order chi connectivity index (χ0) is 30.7. The van der Waals surface area contributed by atoms with E-state index in [4.69, 9.17) is 4.74 Å². The highest BCUT2D eigenvalue weighted by atomic mass is 16.5. The van der Waals surface area contributed by atoms with Gasteiger partial charge in [-0.3, -0.25) is 4.79 Å². The van der Waals surface area contributed by atoms with Gasteiger partial charge >= 0.3 is 6.03 Å². The summed E-state index contributed by atoms with van der Waals surface area (Å²) in [5.74, 6) is -0.275. The van der Waals surface area contributed by atoms with Gasteiger partial charge in [0.2, 0.25) is 0 Å². The minimum absolute atomic E-state index is 0.136. The van der Waals surface area contributed by atoms with Crippen LogP contribution in [0.15, 0.2) is 78.9 Å². The number of nitrogens with one attached hydrogen (secondary N) is 1. The summed E-state index contributed by atoms with van der Waals surface area (Å²) >= 11 is 0. The number of aromatic nitrogens is 1. The summed E-state index contributed by atoms with van der Waals surface area (Å²) in [4.78, 5) is 31.1. The third-order valence-corrected chi connectivity index (χ3v) is 8.67. The fraction of sp³-hybridized carbons (Fsp3) is 0.371. The van der Waals surface area contributed by atoms with Crippen LogP contribution in [-0.4, -0.2) is 70.3 Å². The van der Waals surface area contributed by atoms with Gasteiger partial charge in [-0.15, -0.1) is 0 Å². The summed E-state index contributed by atoms with van der Waals surface area (Å²) in [5.41, 5.74) is 5.36. The second-order valence-corrected chi connectivity index (χ2v) is 11.7. The monoisotopic (exact) mass is 582 g/mol. The lowest BCUT2D eigenvalue weighted by Crippen LogP contribution is -2.49. The van der Waals surface area contributed by atoms with E-state index in [1.165, 1.54) is 0 Å². The molecule has 2 N–H and O–H groups in total. The average molecular weight is 583 g/mol. The Hall–Kier alpha value is -4.14. The van der Waals surface area contributed by atoms with Gasteiger partial charge in [0.25, 0.3) is 5.91 Å². The van der Waals surface area contributed by atoms with E-state index < -0.39 is 6.04 Å². The number of rotatable bonds is 6. The van der Waals surface area contributed by atoms with Crippen LogP contribution in [0.1, 0.15) is 48.4 Å². The number of fused-ring (bicyclic) bond motifs is 5. The summed E-state index contributed by atoms with van der Waals surface area (Å²) in [6.07, 6.45) is -0.366. The largest absolute Gasteiger partial charge is 0.394 e. The zero-order valence-electron chi connectivity index (χ0n) is 25.7. The van der Waals surface area contributed by atoms with Crippen LogP contribution in [0.2, 0.25) is 0 Å². The third kappa shape index (κ3) is 6.17. The summed E-state index contributed by atoms with van der Waals surface area (Å²) < 4.78 is 8.59. The smallest absolute Gasteiger partial charge is 0.317 e. The molecule has 3 aromatic carbocycles. The summed E-state index contributed by atoms with van der Waals surface area (Å²) in [6, 6.07) is 25.2. The number of aliphatic hydroxyl groups excluding tert-OH is 1. The van der Waals surface area contributed by atoms with E-state index in [0.29, 0.717) is 25.4 Å². The number of carbonyl (C=O) groups excluding carboxylic acids is 2. The highest BCUT2D eigenvalue weighted by Gasteiger charge is 2.34. The Kier molecular flexibility index (Phi) is 9.18. The number of carbonyl (C=O) groups is 2. The molecule has 0 saturated heterocycles. The van der Waals surface area contributed by atoms with Gasteiger partial charge in [-0.25, -0.2) is 4.79 Å². The summed E-state index contributed by atoms with van der Waals surface area (Å²) in [6.45, 7) is 6.72. The van der Waals surface area contributed by atoms with E-state index in [-0.39, 0.29) is 36.6 Å². The van der Waals surface area contributed by atoms with E-state index in [2.05, 4.69) is 5.32 Å². The van der Waals surface area contributed by atoms with E-state index in [0.717, 1.165) is 33.2 Å². The maximum absolute atomic E-state index is 14.5. The number of aryl methyl sites for hydroxylation is 1. The number of urea groups is 1. The molecule has 0 saturated carbocycles. The third-order valence-electron chi connectivity index (χ3n) is 8.67. The number of ether oxygens (including phenoxy) is 1. The van der Waals surface area contributed by atoms with Gasteiger partial charge in [-0.05, 0) is 36.6 Å². The van der Waals surface area contributed by atoms with Crippen LogP contribution in [0.5, 0.6) is 0 Å². The number of aliphatic hydroxyl groups is 1. The molecule has 43 heavy (non-hydrogen) atoms. The zero-order valence-corrected chi connectivity index (χ0v) is 25.7. The number of hydrogen-bond donors (Lipinski definition) is 2. The maximum Gasteiger partial charge on any atom is 0.317 e. The van der Waals surface area contributed by atoms with Gasteiger partial charge in [0.05, 0.1) is 31.4 Å². The van der Waals surface area contributed by atoms with Gasteiger partial charge < -0.3 is 29.5 Å². The molecule has 3 amide bonds. The molecule has 0 aliphatic carbocycles. The first-order valence-corrected chi connectivity index (χ1v) is 15.0. The molecule has 0 spiro atoms. The summed E-state index contributed by atoms with van der Waals surface area (Å²) in [5, 5.41) is 14.3. The molecule has 4 aromatic rings. The first-order chi connectivity index (χ1) is 20.7. The topological polar surface area (TPSA) is 87.0 Å². The van der Waals surface area contributed by atoms with Crippen LogP contribution in [0.25, 0.3) is 22.0 Å². The van der Waals surface area contributed by atoms with Crippen molar-refractivity contribution in [2.24, 2.45) is 13.0 Å². The normalized spacial score (nSPS) is 18.7. The Labute approximate surface area is 253 Å². The number of amides is 3. The number of likely N-dealkylation sites (N-methyl/N-ethyl adjacent to an activating group) is 1. The van der Waals surface area contributed by atoms with E-state index in [1.807, 2.05) is 111 Å². The van der Waals surface area contributed by atoms with Gasteiger partial charge in [0.15, 0.2) is 0 Å². The molecule has 1 aliphatic heterocycles. The van der Waals surface area contributed by atoms with Crippen molar-refractivity contribution in [1.82, 2.24) is 19.7 Å². The highest BCUT2D eigenvalue weighted by Crippen LogP contribution is 2.38. The van der Waals surface area contributed by atoms with Crippen molar-refractivity contribution in [3.05, 3.63) is 95.7 Å². The van der Waals surface area contributed by atoms with Crippen LogP contribution >= 0.6 is 0 Å². The summed E-state index contributed by atoms with van der Waals surface area (Å²) in [7, 11) is 3.69. The molecular formula is C35H42N4O4. The van der Waals surface area contributed by atoms with E-state index >= 15 is 0 Å². The Morgan fingerprint density at radius 2 is 1.72 bits per heavy atom. The highest BCUT2D eigenvalue weighted by molar-refractivity contribution is 6.10. The predicted octanol–water partition coefficient (Wildman–Crippen LogP) is 5.61. The first-order valence-electron chi connectivity index (χ1n) is 15.0.